The first-order chi connectivity index (χ1) is 12.0. The Morgan fingerprint density at radius 3 is 2.44 bits per heavy atom. The van der Waals surface area contributed by atoms with Gasteiger partial charge in [0.2, 0.25) is 5.91 Å². The molecule has 2 aromatic carbocycles. The molecule has 1 aliphatic carbocycles. The van der Waals surface area contributed by atoms with Gasteiger partial charge in [0.1, 0.15) is 0 Å². The second kappa shape index (κ2) is 7.27. The average molecular weight is 348 g/mol. The van der Waals surface area contributed by atoms with Crippen molar-refractivity contribution in [3.8, 4) is 11.1 Å². The topological polar surface area (TPSA) is 55.1 Å². The molecule has 0 saturated heterocycles. The molecular weight excluding hydrogens is 329 g/mol. The van der Waals surface area contributed by atoms with Crippen LogP contribution in [0.5, 0.6) is 0 Å². The average Bonchev–Trinajstić information content (AvgIpc) is 2.97. The lowest BCUT2D eigenvalue weighted by atomic mass is 9.99. The first-order valence-corrected chi connectivity index (χ1v) is 8.25. The molecule has 0 bridgehead atoms. The number of rotatable bonds is 4. The lowest BCUT2D eigenvalue weighted by Gasteiger charge is -2.16. The van der Waals surface area contributed by atoms with E-state index in [1.807, 2.05) is 0 Å². The molecule has 25 heavy (non-hydrogen) atoms. The molecule has 1 aliphatic rings. The summed E-state index contributed by atoms with van der Waals surface area (Å²) in [4.78, 5) is 12.3. The molecule has 1 amide bonds. The maximum absolute atomic E-state index is 13.5. The van der Waals surface area contributed by atoms with Crippen molar-refractivity contribution in [2.45, 2.75) is 31.7 Å². The van der Waals surface area contributed by atoms with Gasteiger partial charge in [-0.3, -0.25) is 4.79 Å². The Kier molecular flexibility index (Phi) is 5.08. The van der Waals surface area contributed by atoms with E-state index in [0.29, 0.717) is 17.7 Å². The standard InChI is InChI=1S/C19H19F3N2O/c20-14-8-12(9-15(21)19(14)22)13-5-1-2-7-17(13)24-18(25)10-11-4-3-6-16(11)23/h1-2,5,7-9,11,16H,3-4,6,10,23H2,(H,24,25)/t11-,16+/m0/s1. The van der Waals surface area contributed by atoms with Gasteiger partial charge in [-0.1, -0.05) is 24.6 Å². The van der Waals surface area contributed by atoms with Crippen molar-refractivity contribution in [2.24, 2.45) is 11.7 Å². The van der Waals surface area contributed by atoms with Crippen LogP contribution in [0.25, 0.3) is 11.1 Å². The summed E-state index contributed by atoms with van der Waals surface area (Å²) in [6, 6.07) is 8.49. The monoisotopic (exact) mass is 348 g/mol. The third kappa shape index (κ3) is 3.85. The number of halogens is 3. The van der Waals surface area contributed by atoms with Gasteiger partial charge in [-0.05, 0) is 42.5 Å². The van der Waals surface area contributed by atoms with Crippen LogP contribution in [0, 0.1) is 23.4 Å². The minimum atomic E-state index is -1.51. The smallest absolute Gasteiger partial charge is 0.224 e. The number of nitrogens with two attached hydrogens (primary N) is 1. The fourth-order valence-electron chi connectivity index (χ4n) is 3.31. The van der Waals surface area contributed by atoms with Crippen LogP contribution in [0.2, 0.25) is 0 Å². The van der Waals surface area contributed by atoms with Gasteiger partial charge in [0.05, 0.1) is 0 Å². The molecule has 6 heteroatoms. The van der Waals surface area contributed by atoms with E-state index in [4.69, 9.17) is 5.73 Å². The molecule has 0 heterocycles. The van der Waals surface area contributed by atoms with Crippen molar-refractivity contribution in [3.63, 3.8) is 0 Å². The van der Waals surface area contributed by atoms with Gasteiger partial charge in [-0.15, -0.1) is 0 Å². The van der Waals surface area contributed by atoms with Gasteiger partial charge < -0.3 is 11.1 Å². The predicted molar refractivity (Wildman–Crippen MR) is 90.3 cm³/mol. The van der Waals surface area contributed by atoms with E-state index in [2.05, 4.69) is 5.32 Å². The van der Waals surface area contributed by atoms with Gasteiger partial charge in [-0.25, -0.2) is 13.2 Å². The van der Waals surface area contributed by atoms with Crippen LogP contribution >= 0.6 is 0 Å². The zero-order valence-corrected chi connectivity index (χ0v) is 13.6. The van der Waals surface area contributed by atoms with Gasteiger partial charge in [0.25, 0.3) is 0 Å². The van der Waals surface area contributed by atoms with Crippen molar-refractivity contribution in [1.82, 2.24) is 0 Å². The fourth-order valence-corrected chi connectivity index (χ4v) is 3.31. The van der Waals surface area contributed by atoms with Crippen molar-refractivity contribution in [3.05, 3.63) is 53.8 Å². The van der Waals surface area contributed by atoms with E-state index in [1.54, 1.807) is 24.3 Å². The molecular formula is C19H19F3N2O. The third-order valence-corrected chi connectivity index (χ3v) is 4.66. The molecule has 3 N–H and O–H groups in total. The number of carbonyl (C=O) groups is 1. The lowest BCUT2D eigenvalue weighted by molar-refractivity contribution is -0.117. The number of anilines is 1. The van der Waals surface area contributed by atoms with Crippen molar-refractivity contribution in [2.75, 3.05) is 5.32 Å². The van der Waals surface area contributed by atoms with Gasteiger partial charge in [0, 0.05) is 23.7 Å². The van der Waals surface area contributed by atoms with E-state index in [-0.39, 0.29) is 23.4 Å². The van der Waals surface area contributed by atoms with Crippen LogP contribution in [0.3, 0.4) is 0 Å². The first kappa shape index (κ1) is 17.5. The normalized spacial score (nSPS) is 19.8. The number of para-hydroxylation sites is 1. The van der Waals surface area contributed by atoms with Crippen molar-refractivity contribution < 1.29 is 18.0 Å². The summed E-state index contributed by atoms with van der Waals surface area (Å²) in [6.07, 6.45) is 3.17. The Hall–Kier alpha value is -2.34. The highest BCUT2D eigenvalue weighted by Gasteiger charge is 2.26. The van der Waals surface area contributed by atoms with Gasteiger partial charge in [0.15, 0.2) is 17.5 Å². The molecule has 2 atom stereocenters. The van der Waals surface area contributed by atoms with E-state index < -0.39 is 17.5 Å². The van der Waals surface area contributed by atoms with Crippen LogP contribution in [0.1, 0.15) is 25.7 Å². The highest BCUT2D eigenvalue weighted by atomic mass is 19.2. The Bertz CT molecular complexity index is 771. The molecule has 3 nitrogen and oxygen atoms in total. The fraction of sp³-hybridized carbons (Fsp3) is 0.316. The SMILES string of the molecule is N[C@@H]1CCC[C@H]1CC(=O)Nc1ccccc1-c1cc(F)c(F)c(F)c1. The Balaban J connectivity index is 1.83. The minimum Gasteiger partial charge on any atom is -0.327 e. The summed E-state index contributed by atoms with van der Waals surface area (Å²) in [6.45, 7) is 0. The molecule has 0 aromatic heterocycles. The van der Waals surface area contributed by atoms with Crippen molar-refractivity contribution >= 4 is 11.6 Å². The molecule has 132 valence electrons. The van der Waals surface area contributed by atoms with Gasteiger partial charge >= 0.3 is 0 Å². The van der Waals surface area contributed by atoms with E-state index in [0.717, 1.165) is 31.4 Å². The molecule has 0 aliphatic heterocycles. The highest BCUT2D eigenvalue weighted by Crippen LogP contribution is 2.31. The Labute approximate surface area is 144 Å². The van der Waals surface area contributed by atoms with E-state index >= 15 is 0 Å². The summed E-state index contributed by atoms with van der Waals surface area (Å²) >= 11 is 0. The minimum absolute atomic E-state index is 0.0290. The van der Waals surface area contributed by atoms with Crippen LogP contribution in [-0.2, 0) is 4.79 Å². The Morgan fingerprint density at radius 2 is 1.80 bits per heavy atom. The maximum atomic E-state index is 13.5. The summed E-state index contributed by atoms with van der Waals surface area (Å²) in [5.74, 6) is -4.10. The van der Waals surface area contributed by atoms with Crippen molar-refractivity contribution in [1.29, 1.82) is 0 Å². The number of hydrogen-bond donors (Lipinski definition) is 2. The number of carbonyl (C=O) groups excluding carboxylic acids is 1. The Morgan fingerprint density at radius 1 is 1.12 bits per heavy atom. The molecule has 0 spiro atoms. The largest absolute Gasteiger partial charge is 0.327 e. The van der Waals surface area contributed by atoms with E-state index in [9.17, 15) is 18.0 Å². The zero-order valence-electron chi connectivity index (χ0n) is 13.6. The molecule has 2 aromatic rings. The quantitative estimate of drug-likeness (QED) is 0.813. The molecule has 0 radical (unpaired) electrons. The highest BCUT2D eigenvalue weighted by molar-refractivity contribution is 5.95. The van der Waals surface area contributed by atoms with E-state index in [1.165, 1.54) is 0 Å². The second-order valence-electron chi connectivity index (χ2n) is 6.41. The van der Waals surface area contributed by atoms with Gasteiger partial charge in [-0.2, -0.15) is 0 Å². The maximum Gasteiger partial charge on any atom is 0.224 e. The zero-order chi connectivity index (χ0) is 18.0. The van der Waals surface area contributed by atoms with Crippen LogP contribution in [0.15, 0.2) is 36.4 Å². The summed E-state index contributed by atoms with van der Waals surface area (Å²) in [5, 5.41) is 2.78. The second-order valence-corrected chi connectivity index (χ2v) is 6.41. The van der Waals surface area contributed by atoms with Crippen LogP contribution in [-0.4, -0.2) is 11.9 Å². The summed E-state index contributed by atoms with van der Waals surface area (Å²) in [7, 11) is 0. The number of benzene rings is 2. The molecule has 1 fully saturated rings. The first-order valence-electron chi connectivity index (χ1n) is 8.25. The van der Waals surface area contributed by atoms with Crippen LogP contribution < -0.4 is 11.1 Å². The third-order valence-electron chi connectivity index (χ3n) is 4.66. The number of hydrogen-bond acceptors (Lipinski definition) is 2. The predicted octanol–water partition coefficient (Wildman–Crippen LogP) is 4.23. The molecule has 3 rings (SSSR count). The lowest BCUT2D eigenvalue weighted by Crippen LogP contribution is -2.28. The van der Waals surface area contributed by atoms with Crippen LogP contribution in [0.4, 0.5) is 18.9 Å². The summed E-state index contributed by atoms with van der Waals surface area (Å²) in [5.41, 5.74) is 6.99. The summed E-state index contributed by atoms with van der Waals surface area (Å²) < 4.78 is 40.2. The number of amides is 1. The molecule has 1 saturated carbocycles. The molecule has 0 unspecified atom stereocenters. The number of nitrogens with one attached hydrogen (secondary N) is 1.